The van der Waals surface area contributed by atoms with Gasteiger partial charge in [-0.25, -0.2) is 9.69 Å². The molecule has 26 heavy (non-hydrogen) atoms. The van der Waals surface area contributed by atoms with Gasteiger partial charge in [0.25, 0.3) is 0 Å². The highest BCUT2D eigenvalue weighted by Crippen LogP contribution is 2.32. The van der Waals surface area contributed by atoms with Gasteiger partial charge < -0.3 is 4.74 Å². The fourth-order valence-electron chi connectivity index (χ4n) is 4.29. The number of hydrogen-bond acceptors (Lipinski definition) is 3. The van der Waals surface area contributed by atoms with Crippen LogP contribution in [0.4, 0.5) is 4.79 Å². The van der Waals surface area contributed by atoms with E-state index in [9.17, 15) is 9.59 Å². The molecule has 2 fully saturated rings. The van der Waals surface area contributed by atoms with Crippen molar-refractivity contribution in [3.05, 3.63) is 48.6 Å². The van der Waals surface area contributed by atoms with Gasteiger partial charge in [0.2, 0.25) is 5.91 Å². The van der Waals surface area contributed by atoms with Gasteiger partial charge in [-0.15, -0.1) is 6.58 Å². The van der Waals surface area contributed by atoms with E-state index in [1.807, 2.05) is 30.3 Å². The van der Waals surface area contributed by atoms with Crippen LogP contribution in [-0.4, -0.2) is 29.5 Å². The van der Waals surface area contributed by atoms with Crippen molar-refractivity contribution in [3.8, 4) is 0 Å². The fraction of sp³-hybridized carbons (Fsp3) is 0.545. The molecule has 1 saturated heterocycles. The summed E-state index contributed by atoms with van der Waals surface area (Å²) in [5.74, 6) is 0.335. The average Bonchev–Trinajstić information content (AvgIpc) is 3.02. The maximum atomic E-state index is 13.2. The third kappa shape index (κ3) is 4.54. The number of amides is 2. The summed E-state index contributed by atoms with van der Waals surface area (Å²) in [5.41, 5.74) is 1.11. The van der Waals surface area contributed by atoms with Crippen molar-refractivity contribution >= 4 is 12.0 Å². The van der Waals surface area contributed by atoms with Crippen molar-refractivity contribution in [3.63, 3.8) is 0 Å². The fourth-order valence-corrected chi connectivity index (χ4v) is 4.29. The molecule has 3 rings (SSSR count). The molecule has 0 spiro atoms. The van der Waals surface area contributed by atoms with Crippen LogP contribution >= 0.6 is 0 Å². The van der Waals surface area contributed by atoms with Gasteiger partial charge in [0.1, 0.15) is 6.61 Å². The topological polar surface area (TPSA) is 46.6 Å². The third-order valence-electron chi connectivity index (χ3n) is 5.66. The van der Waals surface area contributed by atoms with E-state index in [2.05, 4.69) is 6.58 Å². The second kappa shape index (κ2) is 9.02. The maximum absolute atomic E-state index is 13.2. The van der Waals surface area contributed by atoms with Crippen molar-refractivity contribution in [1.82, 2.24) is 4.90 Å². The predicted octanol–water partition coefficient (Wildman–Crippen LogP) is 4.74. The number of nitrogens with zero attached hydrogens (tertiary/aromatic N) is 1. The number of benzene rings is 1. The van der Waals surface area contributed by atoms with E-state index < -0.39 is 6.09 Å². The summed E-state index contributed by atoms with van der Waals surface area (Å²) in [6, 6.07) is 9.75. The Labute approximate surface area is 156 Å². The summed E-state index contributed by atoms with van der Waals surface area (Å²) in [7, 11) is 0. The molecule has 0 unspecified atom stereocenters. The Morgan fingerprint density at radius 3 is 2.65 bits per heavy atom. The summed E-state index contributed by atoms with van der Waals surface area (Å²) >= 11 is 0. The highest BCUT2D eigenvalue weighted by atomic mass is 16.6. The molecule has 1 aliphatic heterocycles. The van der Waals surface area contributed by atoms with Crippen LogP contribution in [0.3, 0.4) is 0 Å². The Bertz CT molecular complexity index is 622. The second-order valence-corrected chi connectivity index (χ2v) is 7.59. The van der Waals surface area contributed by atoms with Crippen LogP contribution < -0.4 is 0 Å². The standard InChI is InChI=1S/C22H29NO3/c1-2-9-19(14-17-10-5-3-6-11-17)21(24)23-20(16-26-22(23)25)15-18-12-7-4-8-13-18/h2,4,7-8,12-13,17,19-20H,1,3,5-6,9-11,14-16H2/t19-,20-/m1/s1. The molecular formula is C22H29NO3. The first-order chi connectivity index (χ1) is 12.7. The number of rotatable bonds is 7. The minimum atomic E-state index is -0.492. The molecule has 2 aliphatic rings. The van der Waals surface area contributed by atoms with E-state index in [0.717, 1.165) is 12.0 Å². The van der Waals surface area contributed by atoms with E-state index in [4.69, 9.17) is 4.74 Å². The molecule has 1 saturated carbocycles. The van der Waals surface area contributed by atoms with Gasteiger partial charge in [-0.1, -0.05) is 68.5 Å². The van der Waals surface area contributed by atoms with Crippen molar-refractivity contribution < 1.29 is 14.3 Å². The van der Waals surface area contributed by atoms with Crippen molar-refractivity contribution in [1.29, 1.82) is 0 Å². The predicted molar refractivity (Wildman–Crippen MR) is 102 cm³/mol. The largest absolute Gasteiger partial charge is 0.447 e. The quantitative estimate of drug-likeness (QED) is 0.664. The van der Waals surface area contributed by atoms with E-state index in [1.54, 1.807) is 6.08 Å². The first-order valence-electron chi connectivity index (χ1n) is 9.83. The van der Waals surface area contributed by atoms with Crippen molar-refractivity contribution in [2.24, 2.45) is 11.8 Å². The van der Waals surface area contributed by atoms with Crippen LogP contribution in [0, 0.1) is 11.8 Å². The SMILES string of the molecule is C=CC[C@H](CC1CCCCC1)C(=O)N1C(=O)OC[C@H]1Cc1ccccc1. The third-order valence-corrected chi connectivity index (χ3v) is 5.66. The van der Waals surface area contributed by atoms with E-state index in [0.29, 0.717) is 18.8 Å². The lowest BCUT2D eigenvalue weighted by molar-refractivity contribution is -0.134. The molecule has 4 heteroatoms. The molecule has 1 aromatic rings. The Hall–Kier alpha value is -2.10. The van der Waals surface area contributed by atoms with E-state index in [-0.39, 0.29) is 24.5 Å². The Morgan fingerprint density at radius 2 is 1.96 bits per heavy atom. The summed E-state index contributed by atoms with van der Waals surface area (Å²) in [6.07, 6.45) is 9.62. The van der Waals surface area contributed by atoms with Crippen molar-refractivity contribution in [2.45, 2.75) is 57.4 Å². The number of carbonyl (C=O) groups excluding carboxylic acids is 2. The molecule has 1 aromatic carbocycles. The van der Waals surface area contributed by atoms with Gasteiger partial charge in [0.05, 0.1) is 6.04 Å². The Morgan fingerprint density at radius 1 is 1.23 bits per heavy atom. The highest BCUT2D eigenvalue weighted by molar-refractivity contribution is 5.94. The molecule has 140 valence electrons. The number of ether oxygens (including phenoxy) is 1. The maximum Gasteiger partial charge on any atom is 0.416 e. The molecular weight excluding hydrogens is 326 g/mol. The van der Waals surface area contributed by atoms with E-state index >= 15 is 0 Å². The molecule has 0 N–H and O–H groups in total. The van der Waals surface area contributed by atoms with Gasteiger partial charge in [0.15, 0.2) is 0 Å². The number of allylic oxidation sites excluding steroid dienone is 1. The first kappa shape index (κ1) is 18.7. The summed E-state index contributed by atoms with van der Waals surface area (Å²) in [4.78, 5) is 26.9. The minimum absolute atomic E-state index is 0.0843. The van der Waals surface area contributed by atoms with E-state index in [1.165, 1.54) is 37.0 Å². The molecule has 0 aromatic heterocycles. The zero-order valence-corrected chi connectivity index (χ0v) is 15.4. The average molecular weight is 355 g/mol. The Balaban J connectivity index is 1.70. The lowest BCUT2D eigenvalue weighted by atomic mass is 9.81. The minimum Gasteiger partial charge on any atom is -0.447 e. The molecule has 1 aliphatic carbocycles. The number of cyclic esters (lactones) is 1. The molecule has 0 bridgehead atoms. The van der Waals surface area contributed by atoms with Crippen LogP contribution in [0.15, 0.2) is 43.0 Å². The summed E-state index contributed by atoms with van der Waals surface area (Å²) in [6.45, 7) is 4.10. The zero-order valence-electron chi connectivity index (χ0n) is 15.4. The van der Waals surface area contributed by atoms with Gasteiger partial charge >= 0.3 is 6.09 Å². The normalized spacial score (nSPS) is 22.1. The zero-order chi connectivity index (χ0) is 18.4. The van der Waals surface area contributed by atoms with Crippen molar-refractivity contribution in [2.75, 3.05) is 6.61 Å². The van der Waals surface area contributed by atoms with Crippen LogP contribution in [0.2, 0.25) is 0 Å². The second-order valence-electron chi connectivity index (χ2n) is 7.59. The van der Waals surface area contributed by atoms with Crippen LogP contribution in [0.25, 0.3) is 0 Å². The lowest BCUT2D eigenvalue weighted by Crippen LogP contribution is -2.44. The first-order valence-corrected chi connectivity index (χ1v) is 9.83. The lowest BCUT2D eigenvalue weighted by Gasteiger charge is -2.28. The van der Waals surface area contributed by atoms with Gasteiger partial charge in [-0.05, 0) is 30.7 Å². The monoisotopic (exact) mass is 355 g/mol. The van der Waals surface area contributed by atoms with Gasteiger partial charge in [-0.3, -0.25) is 4.79 Å². The molecule has 2 atom stereocenters. The van der Waals surface area contributed by atoms with Crippen LogP contribution in [0.1, 0.15) is 50.5 Å². The van der Waals surface area contributed by atoms with Gasteiger partial charge in [0, 0.05) is 5.92 Å². The smallest absolute Gasteiger partial charge is 0.416 e. The number of carbonyl (C=O) groups is 2. The summed E-state index contributed by atoms with van der Waals surface area (Å²) < 4.78 is 5.23. The van der Waals surface area contributed by atoms with Gasteiger partial charge in [-0.2, -0.15) is 0 Å². The highest BCUT2D eigenvalue weighted by Gasteiger charge is 2.40. The Kier molecular flexibility index (Phi) is 6.48. The molecule has 2 amide bonds. The molecule has 1 heterocycles. The summed E-state index contributed by atoms with van der Waals surface area (Å²) in [5, 5.41) is 0. The molecule has 4 nitrogen and oxygen atoms in total. The van der Waals surface area contributed by atoms with Crippen LogP contribution in [-0.2, 0) is 16.0 Å². The van der Waals surface area contributed by atoms with Crippen LogP contribution in [0.5, 0.6) is 0 Å². The molecule has 0 radical (unpaired) electrons. The number of hydrogen-bond donors (Lipinski definition) is 0. The number of imide groups is 1.